The lowest BCUT2D eigenvalue weighted by atomic mass is 9.85. The number of nitrogens with zero attached hydrogens (tertiary/aromatic N) is 1. The number of amides is 1. The molecule has 6 heteroatoms. The molecule has 1 saturated carbocycles. The minimum Gasteiger partial charge on any atom is -0.492 e. The first-order chi connectivity index (χ1) is 12.0. The summed E-state index contributed by atoms with van der Waals surface area (Å²) < 4.78 is 5.62. The molecule has 3 rings (SSSR count). The number of aliphatic carboxylic acids is 1. The molecule has 2 unspecified atom stereocenters. The van der Waals surface area contributed by atoms with Gasteiger partial charge >= 0.3 is 5.97 Å². The van der Waals surface area contributed by atoms with Gasteiger partial charge < -0.3 is 14.7 Å². The molecule has 0 spiro atoms. The van der Waals surface area contributed by atoms with Gasteiger partial charge in [0.15, 0.2) is 0 Å². The molecule has 1 N–H and O–H groups in total. The largest absolute Gasteiger partial charge is 0.492 e. The molecule has 1 fully saturated rings. The van der Waals surface area contributed by atoms with Gasteiger partial charge in [0, 0.05) is 24.6 Å². The van der Waals surface area contributed by atoms with E-state index >= 15 is 0 Å². The molecule has 0 radical (unpaired) electrons. The summed E-state index contributed by atoms with van der Waals surface area (Å²) in [6.07, 6.45) is 5.14. The Balaban J connectivity index is 1.71. The summed E-state index contributed by atoms with van der Waals surface area (Å²) in [6, 6.07) is 3.83. The molecule has 2 aliphatic rings. The molecule has 1 aliphatic heterocycles. The van der Waals surface area contributed by atoms with E-state index in [1.165, 1.54) is 19.3 Å². The number of carboxylic acids is 1. The number of benzene rings is 1. The molecule has 1 amide bonds. The van der Waals surface area contributed by atoms with Crippen LogP contribution in [-0.4, -0.2) is 34.5 Å². The summed E-state index contributed by atoms with van der Waals surface area (Å²) in [5.74, 6) is 0.269. The highest BCUT2D eigenvalue weighted by Crippen LogP contribution is 2.37. The molecule has 136 valence electrons. The van der Waals surface area contributed by atoms with Crippen LogP contribution in [0.25, 0.3) is 0 Å². The lowest BCUT2D eigenvalue weighted by Gasteiger charge is -2.36. The topological polar surface area (TPSA) is 66.8 Å². The first kappa shape index (κ1) is 18.1. The van der Waals surface area contributed by atoms with Gasteiger partial charge in [-0.25, -0.2) is 0 Å². The minimum atomic E-state index is -0.841. The van der Waals surface area contributed by atoms with Crippen molar-refractivity contribution in [2.75, 3.05) is 6.61 Å². The average molecular weight is 366 g/mol. The van der Waals surface area contributed by atoms with Crippen molar-refractivity contribution in [2.45, 2.75) is 58.0 Å². The van der Waals surface area contributed by atoms with Crippen LogP contribution in [0.3, 0.4) is 0 Å². The predicted octanol–water partition coefficient (Wildman–Crippen LogP) is 4.12. The highest BCUT2D eigenvalue weighted by atomic mass is 35.5. The van der Waals surface area contributed by atoms with Crippen LogP contribution in [-0.2, 0) is 11.3 Å². The van der Waals surface area contributed by atoms with Crippen LogP contribution in [0, 0.1) is 5.92 Å². The van der Waals surface area contributed by atoms with Gasteiger partial charge in [-0.1, -0.05) is 31.4 Å². The fourth-order valence-electron chi connectivity index (χ4n) is 3.88. The smallest absolute Gasteiger partial charge is 0.303 e. The van der Waals surface area contributed by atoms with Crippen molar-refractivity contribution in [3.63, 3.8) is 0 Å². The summed E-state index contributed by atoms with van der Waals surface area (Å²) in [6.45, 7) is 3.12. The fraction of sp³-hybridized carbons (Fsp3) is 0.579. The summed E-state index contributed by atoms with van der Waals surface area (Å²) in [7, 11) is 0. The third kappa shape index (κ3) is 3.92. The van der Waals surface area contributed by atoms with E-state index in [0.717, 1.165) is 12.0 Å². The van der Waals surface area contributed by atoms with Crippen LogP contribution >= 0.6 is 11.6 Å². The normalized spacial score (nSPS) is 22.8. The number of carbonyl (C=O) groups excluding carboxylic acids is 1. The molecular weight excluding hydrogens is 342 g/mol. The number of hydrogen-bond acceptors (Lipinski definition) is 3. The van der Waals surface area contributed by atoms with E-state index < -0.39 is 5.97 Å². The number of halogens is 1. The van der Waals surface area contributed by atoms with Crippen molar-refractivity contribution in [1.29, 1.82) is 0 Å². The minimum absolute atomic E-state index is 0.0630. The van der Waals surface area contributed by atoms with Gasteiger partial charge in [-0.2, -0.15) is 0 Å². The SMILES string of the molecule is CC1CCCCC1N1Cc2cc(OCCCC(=O)O)c(Cl)cc2C1=O. The number of rotatable bonds is 6. The van der Waals surface area contributed by atoms with E-state index in [1.807, 2.05) is 11.0 Å². The molecule has 25 heavy (non-hydrogen) atoms. The molecule has 1 aromatic carbocycles. The molecule has 1 heterocycles. The monoisotopic (exact) mass is 365 g/mol. The van der Waals surface area contributed by atoms with Crippen LogP contribution in [0.1, 0.15) is 61.4 Å². The maximum atomic E-state index is 12.8. The Bertz CT molecular complexity index is 676. The lowest BCUT2D eigenvalue weighted by Crippen LogP contribution is -2.41. The maximum absolute atomic E-state index is 12.8. The summed E-state index contributed by atoms with van der Waals surface area (Å²) >= 11 is 6.26. The van der Waals surface area contributed by atoms with Gasteiger partial charge in [0.05, 0.1) is 11.6 Å². The van der Waals surface area contributed by atoms with Crippen molar-refractivity contribution < 1.29 is 19.4 Å². The van der Waals surface area contributed by atoms with Crippen molar-refractivity contribution in [3.8, 4) is 5.75 Å². The molecular formula is C19H24ClNO4. The van der Waals surface area contributed by atoms with Gasteiger partial charge in [-0.15, -0.1) is 0 Å². The first-order valence-corrected chi connectivity index (χ1v) is 9.33. The van der Waals surface area contributed by atoms with E-state index in [2.05, 4.69) is 6.92 Å². The molecule has 2 atom stereocenters. The first-order valence-electron chi connectivity index (χ1n) is 8.95. The second kappa shape index (κ2) is 7.65. The Morgan fingerprint density at radius 2 is 2.12 bits per heavy atom. The van der Waals surface area contributed by atoms with Crippen molar-refractivity contribution >= 4 is 23.5 Å². The number of carboxylic acid groups (broad SMARTS) is 1. The number of carbonyl (C=O) groups is 2. The predicted molar refractivity (Wildman–Crippen MR) is 95.1 cm³/mol. The van der Waals surface area contributed by atoms with Gasteiger partial charge in [0.2, 0.25) is 0 Å². The summed E-state index contributed by atoms with van der Waals surface area (Å²) in [5.41, 5.74) is 1.61. The zero-order chi connectivity index (χ0) is 18.0. The lowest BCUT2D eigenvalue weighted by molar-refractivity contribution is -0.137. The van der Waals surface area contributed by atoms with Crippen molar-refractivity contribution in [3.05, 3.63) is 28.3 Å². The van der Waals surface area contributed by atoms with Crippen LogP contribution < -0.4 is 4.74 Å². The number of ether oxygens (including phenoxy) is 1. The van der Waals surface area contributed by atoms with E-state index in [9.17, 15) is 9.59 Å². The molecule has 5 nitrogen and oxygen atoms in total. The zero-order valence-corrected chi connectivity index (χ0v) is 15.2. The van der Waals surface area contributed by atoms with Gasteiger partial charge in [-0.3, -0.25) is 9.59 Å². The van der Waals surface area contributed by atoms with Crippen molar-refractivity contribution in [2.24, 2.45) is 5.92 Å². The molecule has 1 aliphatic carbocycles. The van der Waals surface area contributed by atoms with Crippen LogP contribution in [0.4, 0.5) is 0 Å². The highest BCUT2D eigenvalue weighted by molar-refractivity contribution is 6.32. The van der Waals surface area contributed by atoms with Gasteiger partial charge in [0.1, 0.15) is 5.75 Å². The van der Waals surface area contributed by atoms with Crippen LogP contribution in [0.15, 0.2) is 12.1 Å². The number of hydrogen-bond donors (Lipinski definition) is 1. The van der Waals surface area contributed by atoms with E-state index in [4.69, 9.17) is 21.4 Å². The summed E-state index contributed by atoms with van der Waals surface area (Å²) in [5, 5.41) is 9.07. The average Bonchev–Trinajstić information content (AvgIpc) is 2.88. The van der Waals surface area contributed by atoms with Crippen LogP contribution in [0.2, 0.25) is 5.02 Å². The Morgan fingerprint density at radius 1 is 1.36 bits per heavy atom. The van der Waals surface area contributed by atoms with E-state index in [1.54, 1.807) is 6.07 Å². The highest BCUT2D eigenvalue weighted by Gasteiger charge is 2.36. The zero-order valence-electron chi connectivity index (χ0n) is 14.5. The fourth-order valence-corrected chi connectivity index (χ4v) is 4.10. The second-order valence-corrected chi connectivity index (χ2v) is 7.45. The maximum Gasteiger partial charge on any atom is 0.303 e. The molecule has 0 bridgehead atoms. The standard InChI is InChI=1S/C19H24ClNO4/c1-12-5-2-3-6-16(12)21-11-13-9-17(25-8-4-7-18(22)23)15(20)10-14(13)19(21)24/h9-10,12,16H,2-8,11H2,1H3,(H,22,23). The van der Waals surface area contributed by atoms with Crippen molar-refractivity contribution in [1.82, 2.24) is 4.90 Å². The Kier molecular flexibility index (Phi) is 5.52. The molecule has 0 aromatic heterocycles. The third-order valence-corrected chi connectivity index (χ3v) is 5.54. The van der Waals surface area contributed by atoms with E-state index in [-0.39, 0.29) is 12.3 Å². The molecule has 0 saturated heterocycles. The quantitative estimate of drug-likeness (QED) is 0.770. The third-order valence-electron chi connectivity index (χ3n) is 5.25. The van der Waals surface area contributed by atoms with E-state index in [0.29, 0.717) is 47.9 Å². The Morgan fingerprint density at radius 3 is 2.84 bits per heavy atom. The van der Waals surface area contributed by atoms with Gasteiger partial charge in [-0.05, 0) is 42.9 Å². The second-order valence-electron chi connectivity index (χ2n) is 7.05. The van der Waals surface area contributed by atoms with Gasteiger partial charge in [0.25, 0.3) is 5.91 Å². The molecule has 1 aromatic rings. The Labute approximate surface area is 152 Å². The number of fused-ring (bicyclic) bond motifs is 1. The summed E-state index contributed by atoms with van der Waals surface area (Å²) in [4.78, 5) is 25.3. The van der Waals surface area contributed by atoms with Crippen LogP contribution in [0.5, 0.6) is 5.75 Å². The Hall–Kier alpha value is -1.75.